The summed E-state index contributed by atoms with van der Waals surface area (Å²) in [6, 6.07) is 9.49. The van der Waals surface area contributed by atoms with Crippen molar-refractivity contribution in [1.82, 2.24) is 4.31 Å². The van der Waals surface area contributed by atoms with Gasteiger partial charge in [-0.2, -0.15) is 0 Å². The van der Waals surface area contributed by atoms with Crippen molar-refractivity contribution in [1.29, 1.82) is 0 Å². The van der Waals surface area contributed by atoms with Crippen molar-refractivity contribution >= 4 is 15.9 Å². The van der Waals surface area contributed by atoms with Gasteiger partial charge < -0.3 is 0 Å². The summed E-state index contributed by atoms with van der Waals surface area (Å²) < 4.78 is 25.5. The maximum atomic E-state index is 12.4. The number of carbonyl (C=O) groups excluding carboxylic acids is 1. The second-order valence-corrected chi connectivity index (χ2v) is 8.84. The number of hydrogen-bond acceptors (Lipinski definition) is 3. The number of rotatable bonds is 3. The van der Waals surface area contributed by atoms with E-state index in [0.717, 1.165) is 9.87 Å². The summed E-state index contributed by atoms with van der Waals surface area (Å²) in [5, 5.41) is 0. The molecule has 0 spiro atoms. The molecule has 1 aliphatic heterocycles. The van der Waals surface area contributed by atoms with E-state index in [1.807, 2.05) is 51.1 Å². The highest BCUT2D eigenvalue weighted by atomic mass is 32.2. The molecule has 1 unspecified atom stereocenters. The SMILES string of the molecule is CC(C)(C)CC(=O)N1C(Cc2ccccc2)CCS1(=O)=O. The third-order valence-corrected chi connectivity index (χ3v) is 5.43. The van der Waals surface area contributed by atoms with Crippen LogP contribution in [0.4, 0.5) is 0 Å². The molecule has 116 valence electrons. The summed E-state index contributed by atoms with van der Waals surface area (Å²) >= 11 is 0. The van der Waals surface area contributed by atoms with Crippen molar-refractivity contribution in [2.24, 2.45) is 5.41 Å². The van der Waals surface area contributed by atoms with Crippen molar-refractivity contribution in [3.05, 3.63) is 35.9 Å². The molecule has 4 nitrogen and oxygen atoms in total. The van der Waals surface area contributed by atoms with E-state index >= 15 is 0 Å². The van der Waals surface area contributed by atoms with Crippen molar-refractivity contribution in [3.8, 4) is 0 Å². The molecule has 21 heavy (non-hydrogen) atoms. The number of benzene rings is 1. The average molecular weight is 309 g/mol. The minimum Gasteiger partial charge on any atom is -0.274 e. The van der Waals surface area contributed by atoms with Gasteiger partial charge in [-0.05, 0) is 23.8 Å². The molecule has 2 rings (SSSR count). The fourth-order valence-electron chi connectivity index (χ4n) is 2.69. The lowest BCUT2D eigenvalue weighted by molar-refractivity contribution is -0.129. The first kappa shape index (κ1) is 16.0. The first-order chi connectivity index (χ1) is 9.69. The van der Waals surface area contributed by atoms with E-state index in [1.165, 1.54) is 0 Å². The van der Waals surface area contributed by atoms with Gasteiger partial charge in [-0.25, -0.2) is 12.7 Å². The van der Waals surface area contributed by atoms with E-state index in [-0.39, 0.29) is 29.5 Å². The summed E-state index contributed by atoms with van der Waals surface area (Å²) in [5.74, 6) is -0.207. The average Bonchev–Trinajstić information content (AvgIpc) is 2.63. The topological polar surface area (TPSA) is 54.5 Å². The summed E-state index contributed by atoms with van der Waals surface area (Å²) in [5.41, 5.74) is 0.847. The molecular formula is C16H23NO3S. The Balaban J connectivity index is 2.19. The number of nitrogens with zero attached hydrogens (tertiary/aromatic N) is 1. The fourth-order valence-corrected chi connectivity index (χ4v) is 4.46. The van der Waals surface area contributed by atoms with Gasteiger partial charge >= 0.3 is 0 Å². The third-order valence-electron chi connectivity index (χ3n) is 3.58. The van der Waals surface area contributed by atoms with Gasteiger partial charge in [0.15, 0.2) is 0 Å². The highest BCUT2D eigenvalue weighted by Gasteiger charge is 2.41. The van der Waals surface area contributed by atoms with Crippen LogP contribution in [0.3, 0.4) is 0 Å². The Kier molecular flexibility index (Phi) is 4.42. The highest BCUT2D eigenvalue weighted by molar-refractivity contribution is 7.89. The van der Waals surface area contributed by atoms with E-state index < -0.39 is 10.0 Å². The predicted octanol–water partition coefficient (Wildman–Crippen LogP) is 2.60. The Bertz CT molecular complexity index is 602. The van der Waals surface area contributed by atoms with Crippen LogP contribution in [0.2, 0.25) is 0 Å². The van der Waals surface area contributed by atoms with E-state index in [0.29, 0.717) is 12.8 Å². The van der Waals surface area contributed by atoms with Crippen LogP contribution >= 0.6 is 0 Å². The van der Waals surface area contributed by atoms with Gasteiger partial charge in [-0.3, -0.25) is 4.79 Å². The summed E-state index contributed by atoms with van der Waals surface area (Å²) in [6.07, 6.45) is 1.36. The van der Waals surface area contributed by atoms with Gasteiger partial charge in [0.2, 0.25) is 15.9 Å². The predicted molar refractivity (Wildman–Crippen MR) is 83.3 cm³/mol. The van der Waals surface area contributed by atoms with Gasteiger partial charge in [0, 0.05) is 6.42 Å². The third kappa shape index (κ3) is 4.06. The Morgan fingerprint density at radius 2 is 1.86 bits per heavy atom. The van der Waals surface area contributed by atoms with Crippen LogP contribution in [-0.2, 0) is 21.2 Å². The number of hydrogen-bond donors (Lipinski definition) is 0. The van der Waals surface area contributed by atoms with Crippen LogP contribution in [0, 0.1) is 5.41 Å². The lowest BCUT2D eigenvalue weighted by Gasteiger charge is -2.27. The molecule has 1 aliphatic rings. The molecule has 0 aromatic heterocycles. The monoisotopic (exact) mass is 309 g/mol. The van der Waals surface area contributed by atoms with E-state index in [4.69, 9.17) is 0 Å². The zero-order valence-electron chi connectivity index (χ0n) is 12.9. The molecule has 0 aliphatic carbocycles. The normalized spacial score (nSPS) is 21.5. The van der Waals surface area contributed by atoms with Crippen molar-refractivity contribution in [3.63, 3.8) is 0 Å². The molecule has 1 amide bonds. The number of amides is 1. The van der Waals surface area contributed by atoms with Crippen molar-refractivity contribution < 1.29 is 13.2 Å². The van der Waals surface area contributed by atoms with Crippen LogP contribution in [0.5, 0.6) is 0 Å². The van der Waals surface area contributed by atoms with E-state index in [2.05, 4.69) is 0 Å². The molecule has 1 fully saturated rings. The Morgan fingerprint density at radius 1 is 1.24 bits per heavy atom. The molecule has 0 bridgehead atoms. The molecule has 5 heteroatoms. The summed E-state index contributed by atoms with van der Waals surface area (Å²) in [6.45, 7) is 5.83. The Hall–Kier alpha value is -1.36. The Morgan fingerprint density at radius 3 is 2.43 bits per heavy atom. The molecule has 1 saturated heterocycles. The Labute approximate surface area is 127 Å². The van der Waals surface area contributed by atoms with Crippen LogP contribution < -0.4 is 0 Å². The fraction of sp³-hybridized carbons (Fsp3) is 0.562. The lowest BCUT2D eigenvalue weighted by atomic mass is 9.91. The van der Waals surface area contributed by atoms with Crippen molar-refractivity contribution in [2.75, 3.05) is 5.75 Å². The quantitative estimate of drug-likeness (QED) is 0.862. The lowest BCUT2D eigenvalue weighted by Crippen LogP contribution is -2.41. The van der Waals surface area contributed by atoms with Gasteiger partial charge in [-0.1, -0.05) is 51.1 Å². The minimum absolute atomic E-state index is 0.0698. The molecule has 1 aromatic rings. The molecule has 1 heterocycles. The highest BCUT2D eigenvalue weighted by Crippen LogP contribution is 2.29. The van der Waals surface area contributed by atoms with Crippen molar-refractivity contribution in [2.45, 2.75) is 46.1 Å². The van der Waals surface area contributed by atoms with Gasteiger partial charge in [0.1, 0.15) is 0 Å². The molecule has 1 atom stereocenters. The number of sulfonamides is 1. The van der Waals surface area contributed by atoms with Gasteiger partial charge in [0.25, 0.3) is 0 Å². The van der Waals surface area contributed by atoms with Crippen LogP contribution in [0.1, 0.15) is 39.2 Å². The minimum atomic E-state index is -3.44. The maximum absolute atomic E-state index is 12.4. The zero-order valence-corrected chi connectivity index (χ0v) is 13.7. The molecule has 0 radical (unpaired) electrons. The second kappa shape index (κ2) is 5.79. The van der Waals surface area contributed by atoms with E-state index in [9.17, 15) is 13.2 Å². The first-order valence-electron chi connectivity index (χ1n) is 7.28. The summed E-state index contributed by atoms with van der Waals surface area (Å²) in [7, 11) is -3.44. The van der Waals surface area contributed by atoms with Crippen LogP contribution in [0.25, 0.3) is 0 Å². The zero-order chi connectivity index (χ0) is 15.7. The molecule has 1 aromatic carbocycles. The van der Waals surface area contributed by atoms with Gasteiger partial charge in [-0.15, -0.1) is 0 Å². The standard InChI is InChI=1S/C16H23NO3S/c1-16(2,3)12-15(18)17-14(9-10-21(17,19)20)11-13-7-5-4-6-8-13/h4-8,14H,9-12H2,1-3H3. The molecule has 0 N–H and O–H groups in total. The maximum Gasteiger partial charge on any atom is 0.237 e. The number of carbonyl (C=O) groups is 1. The molecule has 0 saturated carbocycles. The first-order valence-corrected chi connectivity index (χ1v) is 8.89. The smallest absolute Gasteiger partial charge is 0.237 e. The van der Waals surface area contributed by atoms with E-state index in [1.54, 1.807) is 0 Å². The second-order valence-electron chi connectivity index (χ2n) is 6.88. The molecular weight excluding hydrogens is 286 g/mol. The van der Waals surface area contributed by atoms with Gasteiger partial charge in [0.05, 0.1) is 11.8 Å². The van der Waals surface area contributed by atoms with Crippen LogP contribution in [0.15, 0.2) is 30.3 Å². The van der Waals surface area contributed by atoms with Crippen LogP contribution in [-0.4, -0.2) is 30.4 Å². The largest absolute Gasteiger partial charge is 0.274 e. The summed E-state index contributed by atoms with van der Waals surface area (Å²) in [4.78, 5) is 12.4.